The van der Waals surface area contributed by atoms with Gasteiger partial charge in [0.25, 0.3) is 0 Å². The summed E-state index contributed by atoms with van der Waals surface area (Å²) in [6.45, 7) is 6.11. The highest BCUT2D eigenvalue weighted by Crippen LogP contribution is 2.56. The van der Waals surface area contributed by atoms with Crippen molar-refractivity contribution in [2.75, 3.05) is 7.11 Å². The van der Waals surface area contributed by atoms with Gasteiger partial charge in [-0.3, -0.25) is 4.79 Å². The van der Waals surface area contributed by atoms with Crippen LogP contribution < -0.4 is 0 Å². The Morgan fingerprint density at radius 1 is 1.12 bits per heavy atom. The van der Waals surface area contributed by atoms with Gasteiger partial charge in [0.1, 0.15) is 12.9 Å². The molecule has 4 atom stereocenters. The third kappa shape index (κ3) is 2.26. The van der Waals surface area contributed by atoms with Crippen LogP contribution in [0.5, 0.6) is 0 Å². The van der Waals surface area contributed by atoms with Gasteiger partial charge in [0.15, 0.2) is 5.78 Å². The van der Waals surface area contributed by atoms with Crippen molar-refractivity contribution in [3.8, 4) is 0 Å². The normalized spacial score (nSPS) is 32.5. The van der Waals surface area contributed by atoms with Gasteiger partial charge >= 0.3 is 0 Å². The van der Waals surface area contributed by atoms with E-state index in [4.69, 9.17) is 4.84 Å². The molecule has 2 bridgehead atoms. The van der Waals surface area contributed by atoms with Gasteiger partial charge in [-0.25, -0.2) is 0 Å². The molecular weight excluding hydrogens is 314 g/mol. The summed E-state index contributed by atoms with van der Waals surface area (Å²) in [5, 5.41) is 15.2. The molecule has 0 aliphatic heterocycles. The number of benzene rings is 1. The topological polar surface area (TPSA) is 58.9 Å². The van der Waals surface area contributed by atoms with Gasteiger partial charge in [-0.05, 0) is 62.6 Å². The number of aryl methyl sites for hydroxylation is 3. The first kappa shape index (κ1) is 16.4. The molecule has 4 aliphatic carbocycles. The Balaban J connectivity index is 1.83. The maximum atomic E-state index is 13.4. The van der Waals surface area contributed by atoms with Gasteiger partial charge in [-0.1, -0.05) is 22.9 Å². The van der Waals surface area contributed by atoms with Crippen molar-refractivity contribution in [2.24, 2.45) is 28.8 Å². The highest BCUT2D eigenvalue weighted by molar-refractivity contribution is 6.26. The van der Waals surface area contributed by atoms with E-state index >= 15 is 0 Å². The molecule has 4 nitrogen and oxygen atoms in total. The van der Waals surface area contributed by atoms with Crippen LogP contribution in [0.2, 0.25) is 0 Å². The molecule has 3 saturated carbocycles. The van der Waals surface area contributed by atoms with Gasteiger partial charge in [0.05, 0.1) is 11.3 Å². The molecular formula is C21H25NO3. The molecule has 3 fully saturated rings. The number of carbonyl (C=O) groups is 1. The number of carbonyl (C=O) groups excluding carboxylic acids is 1. The zero-order valence-corrected chi connectivity index (χ0v) is 15.3. The van der Waals surface area contributed by atoms with E-state index < -0.39 is 0 Å². The van der Waals surface area contributed by atoms with Gasteiger partial charge in [0.2, 0.25) is 0 Å². The average molecular weight is 339 g/mol. The molecule has 0 amide bonds. The van der Waals surface area contributed by atoms with Crippen LogP contribution in [0.25, 0.3) is 5.57 Å². The second-order valence-electron chi connectivity index (χ2n) is 7.86. The number of hydrogen-bond acceptors (Lipinski definition) is 4. The Morgan fingerprint density at radius 3 is 2.44 bits per heavy atom. The number of nitrogens with zero attached hydrogens (tertiary/aromatic N) is 1. The zero-order valence-electron chi connectivity index (χ0n) is 15.3. The summed E-state index contributed by atoms with van der Waals surface area (Å²) in [4.78, 5) is 18.4. The minimum atomic E-state index is -0.170. The van der Waals surface area contributed by atoms with Crippen molar-refractivity contribution in [1.82, 2.24) is 0 Å². The smallest absolute Gasteiger partial charge is 0.171 e. The Morgan fingerprint density at radius 2 is 1.80 bits per heavy atom. The molecule has 0 saturated heterocycles. The van der Waals surface area contributed by atoms with Crippen molar-refractivity contribution in [3.05, 3.63) is 40.1 Å². The van der Waals surface area contributed by atoms with E-state index in [1.807, 2.05) is 13.8 Å². The molecule has 4 heteroatoms. The third-order valence-corrected chi connectivity index (χ3v) is 6.33. The van der Waals surface area contributed by atoms with Gasteiger partial charge < -0.3 is 9.94 Å². The van der Waals surface area contributed by atoms with Crippen LogP contribution >= 0.6 is 0 Å². The Kier molecular flexibility index (Phi) is 3.75. The zero-order chi connectivity index (χ0) is 17.9. The highest BCUT2D eigenvalue weighted by Gasteiger charge is 2.57. The summed E-state index contributed by atoms with van der Waals surface area (Å²) >= 11 is 0. The number of ketones is 1. The number of fused-ring (bicyclic) bond motifs is 2. The molecule has 25 heavy (non-hydrogen) atoms. The minimum absolute atomic E-state index is 0.0443. The van der Waals surface area contributed by atoms with Gasteiger partial charge in [-0.2, -0.15) is 0 Å². The summed E-state index contributed by atoms with van der Waals surface area (Å²) in [6, 6.07) is 4.18. The van der Waals surface area contributed by atoms with Crippen LogP contribution in [0.4, 0.5) is 0 Å². The molecule has 0 unspecified atom stereocenters. The van der Waals surface area contributed by atoms with Crippen molar-refractivity contribution < 1.29 is 14.7 Å². The number of oxime groups is 1. The summed E-state index contributed by atoms with van der Waals surface area (Å²) in [6.07, 6.45) is 2.84. The second kappa shape index (κ2) is 5.72. The molecule has 1 N–H and O–H groups in total. The number of hydrogen-bond donors (Lipinski definition) is 1. The highest BCUT2D eigenvalue weighted by atomic mass is 16.6. The van der Waals surface area contributed by atoms with E-state index in [0.717, 1.165) is 41.7 Å². The summed E-state index contributed by atoms with van der Waals surface area (Å²) in [7, 11) is 1.56. The van der Waals surface area contributed by atoms with Crippen LogP contribution in [0, 0.1) is 44.4 Å². The molecule has 0 heterocycles. The van der Waals surface area contributed by atoms with E-state index in [-0.39, 0.29) is 29.5 Å². The predicted molar refractivity (Wildman–Crippen MR) is 97.5 cm³/mol. The average Bonchev–Trinajstić information content (AvgIpc) is 2.82. The molecule has 132 valence electrons. The van der Waals surface area contributed by atoms with Crippen molar-refractivity contribution in [3.63, 3.8) is 0 Å². The van der Waals surface area contributed by atoms with Crippen LogP contribution in [0.1, 0.15) is 41.5 Å². The van der Waals surface area contributed by atoms with Crippen molar-refractivity contribution >= 4 is 17.1 Å². The molecule has 5 rings (SSSR count). The fraction of sp³-hybridized carbons (Fsp3) is 0.524. The van der Waals surface area contributed by atoms with E-state index in [1.54, 1.807) is 7.11 Å². The maximum Gasteiger partial charge on any atom is 0.171 e. The first-order chi connectivity index (χ1) is 11.9. The lowest BCUT2D eigenvalue weighted by Crippen LogP contribution is -2.46. The second-order valence-corrected chi connectivity index (χ2v) is 7.86. The van der Waals surface area contributed by atoms with Gasteiger partial charge in [-0.15, -0.1) is 0 Å². The lowest BCUT2D eigenvalue weighted by atomic mass is 9.58. The standard InChI is InChI=1S/C21H25NO3/c1-10-7-11(2)16(12(3)8-10)19-20(23)17-13-5-6-14(18(17)21(19)24)15(9-13)22-25-4/h7-8,13-14,17-18,23H,5-6,9H2,1-4H3/b22-15-/t13-,14+,17+,18-/m1/s1. The fourth-order valence-electron chi connectivity index (χ4n) is 5.57. The Bertz CT molecular complexity index is 797. The molecule has 0 spiro atoms. The lowest BCUT2D eigenvalue weighted by Gasteiger charge is -2.45. The van der Waals surface area contributed by atoms with Crippen LogP contribution in [-0.2, 0) is 9.63 Å². The number of aliphatic hydroxyl groups excluding tert-OH is 1. The van der Waals surface area contributed by atoms with Crippen LogP contribution in [-0.4, -0.2) is 23.7 Å². The predicted octanol–water partition coefficient (Wildman–Crippen LogP) is 4.13. The summed E-state index contributed by atoms with van der Waals surface area (Å²) in [5.74, 6) is 0.588. The van der Waals surface area contributed by atoms with Crippen molar-refractivity contribution in [1.29, 1.82) is 0 Å². The Labute approximate surface area is 148 Å². The first-order valence-corrected chi connectivity index (χ1v) is 9.09. The van der Waals surface area contributed by atoms with Crippen LogP contribution in [0.3, 0.4) is 0 Å². The number of allylic oxidation sites excluding steroid dienone is 2. The molecule has 1 aromatic rings. The summed E-state index contributed by atoms with van der Waals surface area (Å²) < 4.78 is 0. The van der Waals surface area contributed by atoms with Crippen LogP contribution in [0.15, 0.2) is 23.0 Å². The largest absolute Gasteiger partial charge is 0.511 e. The molecule has 4 aliphatic rings. The third-order valence-electron chi connectivity index (χ3n) is 6.33. The van der Waals surface area contributed by atoms with Gasteiger partial charge in [0, 0.05) is 17.8 Å². The monoisotopic (exact) mass is 339 g/mol. The number of rotatable bonds is 2. The van der Waals surface area contributed by atoms with E-state index in [0.29, 0.717) is 11.3 Å². The fourth-order valence-corrected chi connectivity index (χ4v) is 5.57. The molecule has 0 radical (unpaired) electrons. The molecule has 0 aromatic heterocycles. The number of Topliss-reactive ketones (excluding diaryl/α,β-unsaturated/α-hetero) is 1. The number of aliphatic hydroxyl groups is 1. The molecule has 1 aromatic carbocycles. The SMILES string of the molecule is CO/N=C1/C[C@H]2CC[C@@H]1[C@H]1C(=O)C(c3c(C)cc(C)cc3C)=C(O)[C@@H]21. The van der Waals surface area contributed by atoms with Crippen molar-refractivity contribution in [2.45, 2.75) is 40.0 Å². The lowest BCUT2D eigenvalue weighted by molar-refractivity contribution is -0.120. The first-order valence-electron chi connectivity index (χ1n) is 9.09. The van der Waals surface area contributed by atoms with E-state index in [1.165, 1.54) is 5.56 Å². The van der Waals surface area contributed by atoms with E-state index in [9.17, 15) is 9.90 Å². The Hall–Kier alpha value is -2.10. The summed E-state index contributed by atoms with van der Waals surface area (Å²) in [5.41, 5.74) is 5.78. The maximum absolute atomic E-state index is 13.4. The minimum Gasteiger partial charge on any atom is -0.511 e. The van der Waals surface area contributed by atoms with E-state index in [2.05, 4.69) is 24.2 Å². The quantitative estimate of drug-likeness (QED) is 0.824.